The summed E-state index contributed by atoms with van der Waals surface area (Å²) in [5.41, 5.74) is 3.21. The molecule has 2 aromatic carbocycles. The van der Waals surface area contributed by atoms with E-state index < -0.39 is 6.10 Å². The predicted molar refractivity (Wildman–Crippen MR) is 118 cm³/mol. The van der Waals surface area contributed by atoms with Crippen molar-refractivity contribution in [1.82, 2.24) is 4.90 Å². The molecule has 1 saturated heterocycles. The standard InChI is InChI=1S/C25H33NO4/c1-3-20-6-8-21(9-7-20)15-26(17-25-5-4-14-29-25)16-23(28)18-30-24-12-10-22(11-13-24)19(2)27/h6-13,23,25,28H,3-5,14-18H2,1-2H3. The number of aliphatic hydroxyl groups excluding tert-OH is 1. The molecule has 3 rings (SSSR count). The van der Waals surface area contributed by atoms with E-state index in [0.717, 1.165) is 39.0 Å². The highest BCUT2D eigenvalue weighted by Crippen LogP contribution is 2.17. The lowest BCUT2D eigenvalue weighted by molar-refractivity contribution is 0.0313. The van der Waals surface area contributed by atoms with Crippen LogP contribution in [0, 0.1) is 0 Å². The summed E-state index contributed by atoms with van der Waals surface area (Å²) in [5.74, 6) is 0.679. The Morgan fingerprint density at radius 1 is 1.17 bits per heavy atom. The Bertz CT molecular complexity index is 782. The van der Waals surface area contributed by atoms with Crippen molar-refractivity contribution >= 4 is 5.78 Å². The van der Waals surface area contributed by atoms with Gasteiger partial charge in [0.15, 0.2) is 5.78 Å². The zero-order chi connectivity index (χ0) is 21.3. The minimum atomic E-state index is -0.617. The molecule has 2 atom stereocenters. The largest absolute Gasteiger partial charge is 0.491 e. The molecular formula is C25H33NO4. The average Bonchev–Trinajstić information content (AvgIpc) is 3.26. The van der Waals surface area contributed by atoms with Crippen LogP contribution in [0.1, 0.15) is 48.2 Å². The SMILES string of the molecule is CCc1ccc(CN(CC(O)COc2ccc(C(C)=O)cc2)CC2CCCO2)cc1. The van der Waals surface area contributed by atoms with Gasteiger partial charge in [-0.3, -0.25) is 9.69 Å². The van der Waals surface area contributed by atoms with Gasteiger partial charge in [-0.25, -0.2) is 0 Å². The Balaban J connectivity index is 1.55. The van der Waals surface area contributed by atoms with Gasteiger partial charge in [0.05, 0.1) is 6.10 Å². The molecule has 2 unspecified atom stereocenters. The van der Waals surface area contributed by atoms with Gasteiger partial charge in [0, 0.05) is 31.8 Å². The van der Waals surface area contributed by atoms with Crippen LogP contribution >= 0.6 is 0 Å². The second-order valence-corrected chi connectivity index (χ2v) is 8.04. The van der Waals surface area contributed by atoms with Gasteiger partial charge in [0.25, 0.3) is 0 Å². The van der Waals surface area contributed by atoms with E-state index >= 15 is 0 Å². The van der Waals surface area contributed by atoms with Gasteiger partial charge in [-0.05, 0) is 61.6 Å². The molecule has 1 aliphatic rings. The molecule has 0 aromatic heterocycles. The van der Waals surface area contributed by atoms with E-state index in [2.05, 4.69) is 36.1 Å². The molecule has 2 aromatic rings. The van der Waals surface area contributed by atoms with Crippen LogP contribution in [0.5, 0.6) is 5.75 Å². The van der Waals surface area contributed by atoms with Crippen LogP contribution < -0.4 is 4.74 Å². The Kier molecular flexibility index (Phi) is 8.43. The van der Waals surface area contributed by atoms with E-state index in [1.807, 2.05) is 0 Å². The number of rotatable bonds is 11. The van der Waals surface area contributed by atoms with Gasteiger partial charge in [-0.15, -0.1) is 0 Å². The summed E-state index contributed by atoms with van der Waals surface area (Å²) in [6.07, 6.45) is 2.82. The number of ether oxygens (including phenoxy) is 2. The van der Waals surface area contributed by atoms with Crippen molar-refractivity contribution < 1.29 is 19.4 Å². The van der Waals surface area contributed by atoms with Gasteiger partial charge in [0.2, 0.25) is 0 Å². The molecule has 1 fully saturated rings. The third-order valence-electron chi connectivity index (χ3n) is 5.50. The molecule has 0 saturated carbocycles. The van der Waals surface area contributed by atoms with Gasteiger partial charge in [-0.2, -0.15) is 0 Å². The lowest BCUT2D eigenvalue weighted by Crippen LogP contribution is -2.39. The monoisotopic (exact) mass is 411 g/mol. The number of carbonyl (C=O) groups is 1. The number of carbonyl (C=O) groups excluding carboxylic acids is 1. The van der Waals surface area contributed by atoms with E-state index in [-0.39, 0.29) is 18.5 Å². The minimum absolute atomic E-state index is 0.0262. The van der Waals surface area contributed by atoms with Gasteiger partial charge >= 0.3 is 0 Å². The van der Waals surface area contributed by atoms with E-state index in [0.29, 0.717) is 17.9 Å². The highest BCUT2D eigenvalue weighted by molar-refractivity contribution is 5.94. The molecule has 0 aliphatic carbocycles. The summed E-state index contributed by atoms with van der Waals surface area (Å²) in [4.78, 5) is 13.6. The first-order chi connectivity index (χ1) is 14.5. The predicted octanol–water partition coefficient (Wildman–Crippen LogP) is 3.87. The van der Waals surface area contributed by atoms with Crippen molar-refractivity contribution in [2.24, 2.45) is 0 Å². The number of ketones is 1. The molecule has 1 N–H and O–H groups in total. The number of hydrogen-bond donors (Lipinski definition) is 1. The lowest BCUT2D eigenvalue weighted by atomic mass is 10.1. The third-order valence-corrected chi connectivity index (χ3v) is 5.50. The Morgan fingerprint density at radius 2 is 1.87 bits per heavy atom. The Labute approximate surface area is 179 Å². The Hall–Kier alpha value is -2.21. The van der Waals surface area contributed by atoms with Crippen LogP contribution in [0.25, 0.3) is 0 Å². The number of hydrogen-bond acceptors (Lipinski definition) is 5. The number of benzene rings is 2. The van der Waals surface area contributed by atoms with Crippen molar-refractivity contribution in [2.75, 3.05) is 26.3 Å². The normalized spacial score (nSPS) is 17.3. The van der Waals surface area contributed by atoms with Crippen LogP contribution in [0.4, 0.5) is 0 Å². The van der Waals surface area contributed by atoms with Gasteiger partial charge in [0.1, 0.15) is 18.5 Å². The van der Waals surface area contributed by atoms with Crippen LogP contribution in [-0.4, -0.2) is 54.3 Å². The van der Waals surface area contributed by atoms with E-state index in [9.17, 15) is 9.90 Å². The quantitative estimate of drug-likeness (QED) is 0.569. The maximum atomic E-state index is 11.4. The molecule has 5 heteroatoms. The second-order valence-electron chi connectivity index (χ2n) is 8.04. The zero-order valence-electron chi connectivity index (χ0n) is 18.0. The summed E-state index contributed by atoms with van der Waals surface area (Å²) in [6, 6.07) is 15.7. The van der Waals surface area contributed by atoms with Crippen molar-refractivity contribution in [3.05, 3.63) is 65.2 Å². The molecule has 1 heterocycles. The summed E-state index contributed by atoms with van der Waals surface area (Å²) in [6.45, 7) is 6.82. The van der Waals surface area contributed by atoms with Crippen LogP contribution in [0.3, 0.4) is 0 Å². The van der Waals surface area contributed by atoms with Gasteiger partial charge in [-0.1, -0.05) is 31.2 Å². The van der Waals surface area contributed by atoms with Crippen molar-refractivity contribution in [1.29, 1.82) is 0 Å². The van der Waals surface area contributed by atoms with Crippen molar-refractivity contribution in [3.63, 3.8) is 0 Å². The van der Waals surface area contributed by atoms with Crippen molar-refractivity contribution in [2.45, 2.75) is 51.9 Å². The molecule has 1 aliphatic heterocycles. The fourth-order valence-corrected chi connectivity index (χ4v) is 3.75. The first-order valence-electron chi connectivity index (χ1n) is 10.9. The fraction of sp³-hybridized carbons (Fsp3) is 0.480. The molecule has 30 heavy (non-hydrogen) atoms. The molecule has 5 nitrogen and oxygen atoms in total. The Morgan fingerprint density at radius 3 is 2.47 bits per heavy atom. The molecule has 162 valence electrons. The van der Waals surface area contributed by atoms with Crippen LogP contribution in [-0.2, 0) is 17.7 Å². The summed E-state index contributed by atoms with van der Waals surface area (Å²) >= 11 is 0. The number of Topliss-reactive ketones (excluding diaryl/α,β-unsaturated/α-hetero) is 1. The van der Waals surface area contributed by atoms with Crippen molar-refractivity contribution in [3.8, 4) is 5.75 Å². The highest BCUT2D eigenvalue weighted by atomic mass is 16.5. The molecule has 0 radical (unpaired) electrons. The first kappa shape index (κ1) is 22.5. The topological polar surface area (TPSA) is 59.0 Å². The smallest absolute Gasteiger partial charge is 0.159 e. The van der Waals surface area contributed by atoms with E-state index in [4.69, 9.17) is 9.47 Å². The van der Waals surface area contributed by atoms with Crippen LogP contribution in [0.15, 0.2) is 48.5 Å². The summed E-state index contributed by atoms with van der Waals surface area (Å²) < 4.78 is 11.6. The number of nitrogens with zero attached hydrogens (tertiary/aromatic N) is 1. The van der Waals surface area contributed by atoms with E-state index in [1.54, 1.807) is 24.3 Å². The number of aliphatic hydroxyl groups is 1. The second kappa shape index (κ2) is 11.3. The van der Waals surface area contributed by atoms with Crippen LogP contribution in [0.2, 0.25) is 0 Å². The average molecular weight is 412 g/mol. The minimum Gasteiger partial charge on any atom is -0.491 e. The first-order valence-corrected chi connectivity index (χ1v) is 10.9. The third kappa shape index (κ3) is 6.94. The van der Waals surface area contributed by atoms with Gasteiger partial charge < -0.3 is 14.6 Å². The number of aryl methyl sites for hydroxylation is 1. The molecular weight excluding hydrogens is 378 g/mol. The highest BCUT2D eigenvalue weighted by Gasteiger charge is 2.21. The maximum absolute atomic E-state index is 11.4. The molecule has 0 amide bonds. The lowest BCUT2D eigenvalue weighted by Gasteiger charge is -2.27. The zero-order valence-corrected chi connectivity index (χ0v) is 18.0. The fourth-order valence-electron chi connectivity index (χ4n) is 3.75. The summed E-state index contributed by atoms with van der Waals surface area (Å²) in [5, 5.41) is 10.6. The maximum Gasteiger partial charge on any atom is 0.159 e. The molecule has 0 bridgehead atoms. The summed E-state index contributed by atoms with van der Waals surface area (Å²) in [7, 11) is 0. The van der Waals surface area contributed by atoms with E-state index in [1.165, 1.54) is 18.1 Å². The molecule has 0 spiro atoms.